The van der Waals surface area contributed by atoms with Crippen molar-refractivity contribution in [3.05, 3.63) is 50.1 Å². The number of halogens is 1. The lowest BCUT2D eigenvalue weighted by molar-refractivity contribution is 0.318. The van der Waals surface area contributed by atoms with E-state index in [4.69, 9.17) is 16.6 Å². The molecule has 0 bridgehead atoms. The van der Waals surface area contributed by atoms with Gasteiger partial charge in [-0.15, -0.1) is 11.3 Å². The molecule has 0 atom stereocenters. The molecule has 0 spiro atoms. The number of anilines is 1. The Balaban J connectivity index is 1.92. The lowest BCUT2D eigenvalue weighted by atomic mass is 10.1. The number of benzene rings is 1. The maximum absolute atomic E-state index is 13.5. The molecule has 1 aliphatic rings. The molecule has 0 saturated heterocycles. The molecule has 142 valence electrons. The fraction of sp³-hybridized carbons (Fsp3) is 0.400. The lowest BCUT2D eigenvalue weighted by Crippen LogP contribution is -2.27. The molecular formula is C20H23ClN4OS. The van der Waals surface area contributed by atoms with Gasteiger partial charge in [0, 0.05) is 29.5 Å². The average molecular weight is 403 g/mol. The average Bonchev–Trinajstić information content (AvgIpc) is 3.00. The lowest BCUT2D eigenvalue weighted by Gasteiger charge is -2.21. The molecule has 1 aromatic carbocycles. The van der Waals surface area contributed by atoms with Crippen LogP contribution >= 0.6 is 22.9 Å². The summed E-state index contributed by atoms with van der Waals surface area (Å²) in [6, 6.07) is 7.35. The number of hydrogen-bond acceptors (Lipinski definition) is 5. The van der Waals surface area contributed by atoms with Crippen molar-refractivity contribution in [2.24, 2.45) is 0 Å². The summed E-state index contributed by atoms with van der Waals surface area (Å²) in [5, 5.41) is 4.79. The summed E-state index contributed by atoms with van der Waals surface area (Å²) in [5.74, 6) is 0.607. The van der Waals surface area contributed by atoms with Crippen molar-refractivity contribution in [3.8, 4) is 5.69 Å². The van der Waals surface area contributed by atoms with Gasteiger partial charge in [-0.25, -0.2) is 9.55 Å². The highest BCUT2D eigenvalue weighted by molar-refractivity contribution is 7.18. The molecule has 2 aromatic heterocycles. The molecule has 1 aliphatic heterocycles. The normalized spacial score (nSPS) is 14.5. The summed E-state index contributed by atoms with van der Waals surface area (Å²) >= 11 is 7.70. The topological polar surface area (TPSA) is 50.2 Å². The number of aromatic nitrogens is 2. The van der Waals surface area contributed by atoms with Gasteiger partial charge in [-0.2, -0.15) is 0 Å². The summed E-state index contributed by atoms with van der Waals surface area (Å²) in [7, 11) is 2.12. The van der Waals surface area contributed by atoms with Crippen LogP contribution in [0.2, 0.25) is 5.02 Å². The molecular weight excluding hydrogens is 380 g/mol. The van der Waals surface area contributed by atoms with Crippen molar-refractivity contribution in [2.45, 2.75) is 32.7 Å². The summed E-state index contributed by atoms with van der Waals surface area (Å²) in [6.45, 7) is 4.79. The van der Waals surface area contributed by atoms with Crippen LogP contribution in [0.1, 0.15) is 30.2 Å². The summed E-state index contributed by atoms with van der Waals surface area (Å²) in [6.07, 6.45) is 3.01. The largest absolute Gasteiger partial charge is 0.355 e. The van der Waals surface area contributed by atoms with Crippen molar-refractivity contribution in [2.75, 3.05) is 25.5 Å². The standard InChI is InChI=1S/C20H23ClN4OS/c1-3-4-10-22-20-23-18-17(15-9-11-24(2)12-16(15)27-18)19(26)25(20)14-7-5-13(21)6-8-14/h5-8H,3-4,9-12H2,1-2H3,(H,22,23). The van der Waals surface area contributed by atoms with Gasteiger partial charge in [-0.1, -0.05) is 24.9 Å². The number of hydrogen-bond donors (Lipinski definition) is 1. The van der Waals surface area contributed by atoms with Crippen LogP contribution in [0, 0.1) is 0 Å². The second kappa shape index (κ2) is 7.62. The molecule has 4 rings (SSSR count). The smallest absolute Gasteiger partial charge is 0.268 e. The zero-order valence-corrected chi connectivity index (χ0v) is 17.2. The van der Waals surface area contributed by atoms with Gasteiger partial charge in [-0.05, 0) is 49.7 Å². The number of likely N-dealkylation sites (N-methyl/N-ethyl adjacent to an activating group) is 1. The Morgan fingerprint density at radius 3 is 2.81 bits per heavy atom. The Hall–Kier alpha value is -1.89. The van der Waals surface area contributed by atoms with E-state index in [-0.39, 0.29) is 5.56 Å². The number of thiophene rings is 1. The summed E-state index contributed by atoms with van der Waals surface area (Å²) in [4.78, 5) is 22.8. The zero-order chi connectivity index (χ0) is 19.0. The number of fused-ring (bicyclic) bond motifs is 3. The molecule has 3 heterocycles. The Bertz CT molecular complexity index is 1030. The van der Waals surface area contributed by atoms with Crippen LogP contribution in [0.4, 0.5) is 5.95 Å². The van der Waals surface area contributed by atoms with Crippen molar-refractivity contribution >= 4 is 39.1 Å². The molecule has 0 aliphatic carbocycles. The maximum Gasteiger partial charge on any atom is 0.268 e. The van der Waals surface area contributed by atoms with E-state index in [1.165, 1.54) is 10.4 Å². The number of nitrogens with one attached hydrogen (secondary N) is 1. The highest BCUT2D eigenvalue weighted by atomic mass is 35.5. The first-order valence-electron chi connectivity index (χ1n) is 9.34. The minimum atomic E-state index is 0.00312. The molecule has 27 heavy (non-hydrogen) atoms. The van der Waals surface area contributed by atoms with Crippen LogP contribution in [-0.4, -0.2) is 34.6 Å². The zero-order valence-electron chi connectivity index (χ0n) is 15.6. The van der Waals surface area contributed by atoms with Crippen molar-refractivity contribution in [3.63, 3.8) is 0 Å². The third-order valence-corrected chi connectivity index (χ3v) is 6.33. The first-order valence-corrected chi connectivity index (χ1v) is 10.5. The van der Waals surface area contributed by atoms with E-state index in [0.717, 1.165) is 54.8 Å². The Morgan fingerprint density at radius 2 is 2.07 bits per heavy atom. The second-order valence-corrected chi connectivity index (χ2v) is 8.52. The van der Waals surface area contributed by atoms with E-state index in [2.05, 4.69) is 24.2 Å². The van der Waals surface area contributed by atoms with Crippen LogP contribution in [0.3, 0.4) is 0 Å². The van der Waals surface area contributed by atoms with E-state index in [1.807, 2.05) is 12.1 Å². The van der Waals surface area contributed by atoms with Crippen LogP contribution < -0.4 is 10.9 Å². The van der Waals surface area contributed by atoms with E-state index >= 15 is 0 Å². The second-order valence-electron chi connectivity index (χ2n) is 7.00. The fourth-order valence-corrected chi connectivity index (χ4v) is 4.91. The van der Waals surface area contributed by atoms with Gasteiger partial charge in [0.15, 0.2) is 0 Å². The van der Waals surface area contributed by atoms with Crippen LogP contribution in [0.15, 0.2) is 29.1 Å². The highest BCUT2D eigenvalue weighted by Gasteiger charge is 2.24. The Labute approximate surface area is 167 Å². The predicted octanol–water partition coefficient (Wildman–Crippen LogP) is 4.30. The van der Waals surface area contributed by atoms with E-state index in [1.54, 1.807) is 28.0 Å². The van der Waals surface area contributed by atoms with Crippen molar-refractivity contribution in [1.29, 1.82) is 0 Å². The first kappa shape index (κ1) is 18.5. The molecule has 0 unspecified atom stereocenters. The van der Waals surface area contributed by atoms with Gasteiger partial charge in [0.05, 0.1) is 11.1 Å². The number of unbranched alkanes of at least 4 members (excludes halogenated alkanes) is 1. The molecule has 3 aromatic rings. The minimum Gasteiger partial charge on any atom is -0.355 e. The molecule has 1 N–H and O–H groups in total. The van der Waals surface area contributed by atoms with Gasteiger partial charge >= 0.3 is 0 Å². The number of rotatable bonds is 5. The third kappa shape index (κ3) is 3.49. The molecule has 5 nitrogen and oxygen atoms in total. The van der Waals surface area contributed by atoms with E-state index in [0.29, 0.717) is 11.0 Å². The summed E-state index contributed by atoms with van der Waals surface area (Å²) in [5.41, 5.74) is 1.96. The minimum absolute atomic E-state index is 0.00312. The van der Waals surface area contributed by atoms with Crippen LogP contribution in [-0.2, 0) is 13.0 Å². The predicted molar refractivity (Wildman–Crippen MR) is 114 cm³/mol. The molecule has 0 fully saturated rings. The van der Waals surface area contributed by atoms with Crippen LogP contribution in [0.25, 0.3) is 15.9 Å². The maximum atomic E-state index is 13.5. The van der Waals surface area contributed by atoms with Gasteiger partial charge < -0.3 is 10.2 Å². The molecule has 0 radical (unpaired) electrons. The molecule has 0 saturated carbocycles. The van der Waals surface area contributed by atoms with E-state index in [9.17, 15) is 4.79 Å². The van der Waals surface area contributed by atoms with Gasteiger partial charge in [-0.3, -0.25) is 4.79 Å². The van der Waals surface area contributed by atoms with Gasteiger partial charge in [0.25, 0.3) is 5.56 Å². The van der Waals surface area contributed by atoms with Crippen molar-refractivity contribution < 1.29 is 0 Å². The van der Waals surface area contributed by atoms with Crippen LogP contribution in [0.5, 0.6) is 0 Å². The van der Waals surface area contributed by atoms with Gasteiger partial charge in [0.1, 0.15) is 4.83 Å². The quantitative estimate of drug-likeness (QED) is 0.646. The Kier molecular flexibility index (Phi) is 5.21. The third-order valence-electron chi connectivity index (χ3n) is 4.96. The molecule has 7 heteroatoms. The fourth-order valence-electron chi connectivity index (χ4n) is 3.50. The van der Waals surface area contributed by atoms with Crippen molar-refractivity contribution in [1.82, 2.24) is 14.5 Å². The van der Waals surface area contributed by atoms with E-state index < -0.39 is 0 Å². The SMILES string of the molecule is CCCCNc1nc2sc3c(c2c(=O)n1-c1ccc(Cl)cc1)CCN(C)C3. The number of nitrogens with zero attached hydrogens (tertiary/aromatic N) is 3. The first-order chi connectivity index (χ1) is 13.1. The summed E-state index contributed by atoms with van der Waals surface area (Å²) < 4.78 is 1.69. The molecule has 0 amide bonds. The Morgan fingerprint density at radius 1 is 1.30 bits per heavy atom. The highest BCUT2D eigenvalue weighted by Crippen LogP contribution is 2.33. The monoisotopic (exact) mass is 402 g/mol. The van der Waals surface area contributed by atoms with Gasteiger partial charge in [0.2, 0.25) is 5.95 Å².